The topological polar surface area (TPSA) is 37.8 Å². The van der Waals surface area contributed by atoms with Crippen molar-refractivity contribution in [3.8, 4) is 0 Å². The molecule has 1 N–H and O–H groups in total. The zero-order valence-corrected chi connectivity index (χ0v) is 11.2. The first-order chi connectivity index (χ1) is 8.85. The summed E-state index contributed by atoms with van der Waals surface area (Å²) < 4.78 is 0. The first kappa shape index (κ1) is 13.0. The van der Waals surface area contributed by atoms with Gasteiger partial charge in [-0.05, 0) is 31.5 Å². The fourth-order valence-corrected chi connectivity index (χ4v) is 2.10. The molecule has 0 radical (unpaired) electrons. The number of para-hydroxylation sites is 2. The van der Waals surface area contributed by atoms with E-state index >= 15 is 0 Å². The van der Waals surface area contributed by atoms with E-state index in [2.05, 4.69) is 24.1 Å². The predicted octanol–water partition coefficient (Wildman–Crippen LogP) is 3.47. The van der Waals surface area contributed by atoms with Gasteiger partial charge in [0.25, 0.3) is 0 Å². The van der Waals surface area contributed by atoms with Crippen LogP contribution in [-0.2, 0) is 0 Å². The van der Waals surface area contributed by atoms with Crippen LogP contribution in [0.3, 0.4) is 0 Å². The van der Waals surface area contributed by atoms with E-state index in [1.54, 1.807) is 0 Å². The van der Waals surface area contributed by atoms with Gasteiger partial charge in [0.2, 0.25) is 0 Å². The van der Waals surface area contributed by atoms with Gasteiger partial charge >= 0.3 is 0 Å². The van der Waals surface area contributed by atoms with E-state index in [9.17, 15) is 0 Å². The van der Waals surface area contributed by atoms with Crippen LogP contribution in [0.2, 0.25) is 0 Å². The molecule has 3 heteroatoms. The number of fused-ring (bicyclic) bond motifs is 1. The molecule has 3 nitrogen and oxygen atoms in total. The minimum atomic E-state index is 0.326. The summed E-state index contributed by atoms with van der Waals surface area (Å²) >= 11 is 0. The molecule has 96 valence electrons. The van der Waals surface area contributed by atoms with Crippen molar-refractivity contribution in [3.05, 3.63) is 36.2 Å². The van der Waals surface area contributed by atoms with Crippen molar-refractivity contribution in [1.29, 1.82) is 0 Å². The smallest absolute Gasteiger partial charge is 0.0890 e. The molecule has 0 aliphatic carbocycles. The Bertz CT molecular complexity index is 496. The fourth-order valence-electron chi connectivity index (χ4n) is 2.10. The number of nitrogens with one attached hydrogen (secondary N) is 1. The van der Waals surface area contributed by atoms with Crippen molar-refractivity contribution in [2.75, 3.05) is 6.54 Å². The van der Waals surface area contributed by atoms with Gasteiger partial charge < -0.3 is 5.32 Å². The highest BCUT2D eigenvalue weighted by Gasteiger charge is 2.12. The third-order valence-electron chi connectivity index (χ3n) is 3.04. The average molecular weight is 243 g/mol. The van der Waals surface area contributed by atoms with Gasteiger partial charge in [0.05, 0.1) is 29.0 Å². The summed E-state index contributed by atoms with van der Waals surface area (Å²) in [6, 6.07) is 8.35. The molecule has 1 aromatic carbocycles. The highest BCUT2D eigenvalue weighted by Crippen LogP contribution is 2.18. The molecule has 0 aliphatic rings. The van der Waals surface area contributed by atoms with E-state index < -0.39 is 0 Å². The zero-order chi connectivity index (χ0) is 12.8. The second kappa shape index (κ2) is 6.45. The van der Waals surface area contributed by atoms with Crippen molar-refractivity contribution in [3.63, 3.8) is 0 Å². The Morgan fingerprint density at radius 3 is 2.61 bits per heavy atom. The molecule has 0 fully saturated rings. The maximum Gasteiger partial charge on any atom is 0.0890 e. The lowest BCUT2D eigenvalue weighted by atomic mass is 10.1. The normalized spacial score (nSPS) is 12.8. The lowest BCUT2D eigenvalue weighted by Crippen LogP contribution is -2.23. The van der Waals surface area contributed by atoms with Gasteiger partial charge in [-0.3, -0.25) is 4.98 Å². The SMILES string of the molecule is CCCNC(CCC)c1cnc2ccccc2n1. The number of hydrogen-bond donors (Lipinski definition) is 1. The van der Waals surface area contributed by atoms with E-state index in [0.29, 0.717) is 6.04 Å². The monoisotopic (exact) mass is 243 g/mol. The molecule has 0 aliphatic heterocycles. The molecule has 0 amide bonds. The van der Waals surface area contributed by atoms with Crippen molar-refractivity contribution in [1.82, 2.24) is 15.3 Å². The van der Waals surface area contributed by atoms with E-state index in [-0.39, 0.29) is 0 Å². The number of hydrogen-bond acceptors (Lipinski definition) is 3. The standard InChI is InChI=1S/C15H21N3/c1-3-7-12(16-10-4-2)15-11-17-13-8-5-6-9-14(13)18-15/h5-6,8-9,11-12,16H,3-4,7,10H2,1-2H3. The molecule has 2 aromatic rings. The Kier molecular flexibility index (Phi) is 4.65. The van der Waals surface area contributed by atoms with Crippen LogP contribution < -0.4 is 5.32 Å². The molecule has 0 bridgehead atoms. The second-order valence-electron chi connectivity index (χ2n) is 4.58. The molecule has 0 saturated heterocycles. The molecule has 2 rings (SSSR count). The van der Waals surface area contributed by atoms with Crippen LogP contribution in [0.15, 0.2) is 30.5 Å². The molecule has 18 heavy (non-hydrogen) atoms. The summed E-state index contributed by atoms with van der Waals surface area (Å²) in [5.41, 5.74) is 3.00. The Hall–Kier alpha value is -1.48. The highest BCUT2D eigenvalue weighted by atomic mass is 14.9. The van der Waals surface area contributed by atoms with Gasteiger partial charge in [0.15, 0.2) is 0 Å². The highest BCUT2D eigenvalue weighted by molar-refractivity contribution is 5.73. The maximum atomic E-state index is 4.72. The molecular weight excluding hydrogens is 222 g/mol. The van der Waals surface area contributed by atoms with E-state index in [1.807, 2.05) is 30.5 Å². The van der Waals surface area contributed by atoms with Gasteiger partial charge in [-0.1, -0.05) is 32.4 Å². The third-order valence-corrected chi connectivity index (χ3v) is 3.04. The summed E-state index contributed by atoms with van der Waals surface area (Å²) in [7, 11) is 0. The quantitative estimate of drug-likeness (QED) is 0.844. The Balaban J connectivity index is 2.25. The number of benzene rings is 1. The van der Waals surface area contributed by atoms with Gasteiger partial charge in [-0.2, -0.15) is 0 Å². The van der Waals surface area contributed by atoms with Crippen LogP contribution in [0.1, 0.15) is 44.8 Å². The first-order valence-electron chi connectivity index (χ1n) is 6.80. The summed E-state index contributed by atoms with van der Waals surface area (Å²) in [6.45, 7) is 5.41. The second-order valence-corrected chi connectivity index (χ2v) is 4.58. The van der Waals surface area contributed by atoms with E-state index in [4.69, 9.17) is 4.98 Å². The van der Waals surface area contributed by atoms with E-state index in [1.165, 1.54) is 0 Å². The molecule has 1 atom stereocenters. The van der Waals surface area contributed by atoms with Crippen molar-refractivity contribution in [2.45, 2.75) is 39.2 Å². The van der Waals surface area contributed by atoms with Crippen LogP contribution in [-0.4, -0.2) is 16.5 Å². The molecule has 0 saturated carbocycles. The summed E-state index contributed by atoms with van der Waals surface area (Å²) in [5, 5.41) is 3.55. The average Bonchev–Trinajstić information content (AvgIpc) is 2.43. The minimum absolute atomic E-state index is 0.326. The summed E-state index contributed by atoms with van der Waals surface area (Å²) in [5.74, 6) is 0. The zero-order valence-electron chi connectivity index (χ0n) is 11.2. The lowest BCUT2D eigenvalue weighted by Gasteiger charge is -2.17. The number of aromatic nitrogens is 2. The van der Waals surface area contributed by atoms with Crippen molar-refractivity contribution < 1.29 is 0 Å². The summed E-state index contributed by atoms with van der Waals surface area (Å²) in [6.07, 6.45) is 5.30. The molecule has 1 unspecified atom stereocenters. The fraction of sp³-hybridized carbons (Fsp3) is 0.467. The van der Waals surface area contributed by atoms with E-state index in [0.717, 1.165) is 42.5 Å². The van der Waals surface area contributed by atoms with Crippen LogP contribution in [0, 0.1) is 0 Å². The van der Waals surface area contributed by atoms with Crippen LogP contribution in [0.4, 0.5) is 0 Å². The molecule has 1 aromatic heterocycles. The van der Waals surface area contributed by atoms with Crippen LogP contribution in [0.5, 0.6) is 0 Å². The molecule has 0 spiro atoms. The van der Waals surface area contributed by atoms with Crippen LogP contribution in [0.25, 0.3) is 11.0 Å². The van der Waals surface area contributed by atoms with Gasteiger partial charge in [-0.25, -0.2) is 4.98 Å². The number of rotatable bonds is 6. The van der Waals surface area contributed by atoms with Crippen molar-refractivity contribution in [2.24, 2.45) is 0 Å². The summed E-state index contributed by atoms with van der Waals surface area (Å²) in [4.78, 5) is 9.21. The van der Waals surface area contributed by atoms with Gasteiger partial charge in [0, 0.05) is 0 Å². The van der Waals surface area contributed by atoms with Crippen LogP contribution >= 0.6 is 0 Å². The minimum Gasteiger partial charge on any atom is -0.309 e. The predicted molar refractivity (Wildman–Crippen MR) is 75.5 cm³/mol. The first-order valence-corrected chi connectivity index (χ1v) is 6.80. The Morgan fingerprint density at radius 1 is 1.11 bits per heavy atom. The molecule has 1 heterocycles. The molecular formula is C15H21N3. The largest absolute Gasteiger partial charge is 0.309 e. The Labute approximate surface area is 109 Å². The van der Waals surface area contributed by atoms with Gasteiger partial charge in [-0.15, -0.1) is 0 Å². The number of nitrogens with zero attached hydrogens (tertiary/aromatic N) is 2. The third kappa shape index (κ3) is 3.05. The maximum absolute atomic E-state index is 4.72. The lowest BCUT2D eigenvalue weighted by molar-refractivity contribution is 0.484. The Morgan fingerprint density at radius 2 is 1.89 bits per heavy atom. The van der Waals surface area contributed by atoms with Crippen molar-refractivity contribution >= 4 is 11.0 Å². The van der Waals surface area contributed by atoms with Gasteiger partial charge in [0.1, 0.15) is 0 Å².